The van der Waals surface area contributed by atoms with Gasteiger partial charge in [-0.15, -0.1) is 11.6 Å². The molecule has 0 atom stereocenters. The molecule has 1 aliphatic rings. The fourth-order valence-corrected chi connectivity index (χ4v) is 3.71. The van der Waals surface area contributed by atoms with Gasteiger partial charge in [0.05, 0.1) is 22.5 Å². The Kier molecular flexibility index (Phi) is 5.20. The quantitative estimate of drug-likeness (QED) is 0.468. The fourth-order valence-electron chi connectivity index (χ4n) is 3.64. The van der Waals surface area contributed by atoms with E-state index in [2.05, 4.69) is 10.6 Å². The standard InChI is InChI=1S/C23H17ClN2O5/c1-11-9-16(12(2)31-11)23(30)26-20-17(25-18(27)10-24)8-7-15-19(20)22(29)14-6-4-3-5-13(14)21(15)28/h3-9H,10H2,1-2H3,(H,25,27)(H,26,30). The number of ketones is 2. The fraction of sp³-hybridized carbons (Fsp3) is 0.130. The minimum absolute atomic E-state index is 0.0160. The van der Waals surface area contributed by atoms with Crippen molar-refractivity contribution in [3.63, 3.8) is 0 Å². The number of rotatable bonds is 4. The third-order valence-corrected chi connectivity index (χ3v) is 5.26. The van der Waals surface area contributed by atoms with Gasteiger partial charge in [0, 0.05) is 16.7 Å². The molecule has 0 spiro atoms. The van der Waals surface area contributed by atoms with E-state index in [0.717, 1.165) is 0 Å². The van der Waals surface area contributed by atoms with E-state index in [1.54, 1.807) is 44.2 Å². The van der Waals surface area contributed by atoms with E-state index in [4.69, 9.17) is 16.0 Å². The largest absolute Gasteiger partial charge is 0.466 e. The number of hydrogen-bond acceptors (Lipinski definition) is 5. The molecule has 7 nitrogen and oxygen atoms in total. The molecule has 0 aliphatic heterocycles. The molecule has 2 amide bonds. The van der Waals surface area contributed by atoms with E-state index in [-0.39, 0.29) is 50.9 Å². The van der Waals surface area contributed by atoms with Gasteiger partial charge in [0.1, 0.15) is 17.4 Å². The maximum absolute atomic E-state index is 13.3. The summed E-state index contributed by atoms with van der Waals surface area (Å²) in [5.74, 6) is -1.20. The Morgan fingerprint density at radius 1 is 0.935 bits per heavy atom. The van der Waals surface area contributed by atoms with E-state index in [1.807, 2.05) is 0 Å². The Bertz CT molecular complexity index is 1270. The molecule has 0 fully saturated rings. The highest BCUT2D eigenvalue weighted by atomic mass is 35.5. The van der Waals surface area contributed by atoms with Gasteiger partial charge >= 0.3 is 0 Å². The van der Waals surface area contributed by atoms with Crippen LogP contribution in [-0.2, 0) is 4.79 Å². The van der Waals surface area contributed by atoms with E-state index in [9.17, 15) is 19.2 Å². The number of halogens is 1. The lowest BCUT2D eigenvalue weighted by Crippen LogP contribution is -2.26. The number of carbonyl (C=O) groups excluding carboxylic acids is 4. The summed E-state index contributed by atoms with van der Waals surface area (Å²) in [5.41, 5.74) is 1.15. The Hall–Kier alpha value is -3.71. The second-order valence-corrected chi connectivity index (χ2v) is 7.34. The third-order valence-electron chi connectivity index (χ3n) is 5.01. The van der Waals surface area contributed by atoms with Gasteiger partial charge in [0.2, 0.25) is 5.91 Å². The molecule has 3 aromatic rings. The van der Waals surface area contributed by atoms with Crippen molar-refractivity contribution in [3.05, 3.63) is 81.8 Å². The monoisotopic (exact) mass is 436 g/mol. The first-order valence-electron chi connectivity index (χ1n) is 9.41. The lowest BCUT2D eigenvalue weighted by atomic mass is 9.82. The Balaban J connectivity index is 1.88. The molecule has 4 rings (SSSR count). The summed E-state index contributed by atoms with van der Waals surface area (Å²) < 4.78 is 5.41. The molecular weight excluding hydrogens is 420 g/mol. The van der Waals surface area contributed by atoms with Crippen LogP contribution in [0.15, 0.2) is 46.9 Å². The van der Waals surface area contributed by atoms with Crippen molar-refractivity contribution in [1.82, 2.24) is 0 Å². The van der Waals surface area contributed by atoms with Crippen molar-refractivity contribution >= 4 is 46.4 Å². The molecule has 1 aromatic heterocycles. The summed E-state index contributed by atoms with van der Waals surface area (Å²) in [4.78, 5) is 51.2. The Labute approximate surface area is 182 Å². The first-order chi connectivity index (χ1) is 14.8. The maximum Gasteiger partial charge on any atom is 0.259 e. The first-order valence-corrected chi connectivity index (χ1v) is 9.95. The van der Waals surface area contributed by atoms with Crippen molar-refractivity contribution in [3.8, 4) is 0 Å². The molecule has 0 unspecified atom stereocenters. The maximum atomic E-state index is 13.3. The summed E-state index contributed by atoms with van der Waals surface area (Å²) in [5, 5.41) is 5.26. The highest BCUT2D eigenvalue weighted by Gasteiger charge is 2.33. The number of aryl methyl sites for hydroxylation is 2. The molecule has 2 N–H and O–H groups in total. The van der Waals surface area contributed by atoms with Crippen molar-refractivity contribution < 1.29 is 23.6 Å². The van der Waals surface area contributed by atoms with Gasteiger partial charge in [-0.3, -0.25) is 19.2 Å². The summed E-state index contributed by atoms with van der Waals surface area (Å²) in [6, 6.07) is 11.0. The number of alkyl halides is 1. The molecule has 0 saturated heterocycles. The number of carbonyl (C=O) groups is 4. The molecular formula is C23H17ClN2O5. The highest BCUT2D eigenvalue weighted by molar-refractivity contribution is 6.32. The number of amides is 2. The molecule has 31 heavy (non-hydrogen) atoms. The summed E-state index contributed by atoms with van der Waals surface area (Å²) in [6.45, 7) is 3.35. The zero-order chi connectivity index (χ0) is 22.3. The van der Waals surface area contributed by atoms with E-state index in [0.29, 0.717) is 11.5 Å². The van der Waals surface area contributed by atoms with Gasteiger partial charge < -0.3 is 15.1 Å². The number of furan rings is 1. The molecule has 2 aromatic carbocycles. The third kappa shape index (κ3) is 3.53. The van der Waals surface area contributed by atoms with Crippen LogP contribution in [0.2, 0.25) is 0 Å². The predicted molar refractivity (Wildman–Crippen MR) is 115 cm³/mol. The van der Waals surface area contributed by atoms with Gasteiger partial charge in [-0.1, -0.05) is 24.3 Å². The second kappa shape index (κ2) is 7.85. The van der Waals surface area contributed by atoms with E-state index < -0.39 is 17.6 Å². The van der Waals surface area contributed by atoms with Crippen LogP contribution >= 0.6 is 11.6 Å². The second-order valence-electron chi connectivity index (χ2n) is 7.08. The lowest BCUT2D eigenvalue weighted by Gasteiger charge is -2.22. The predicted octanol–water partition coefficient (Wildman–Crippen LogP) is 4.10. The molecule has 8 heteroatoms. The summed E-state index contributed by atoms with van der Waals surface area (Å²) in [6.07, 6.45) is 0. The minimum atomic E-state index is -0.539. The van der Waals surface area contributed by atoms with E-state index >= 15 is 0 Å². The van der Waals surface area contributed by atoms with Gasteiger partial charge in [-0.2, -0.15) is 0 Å². The smallest absolute Gasteiger partial charge is 0.259 e. The summed E-state index contributed by atoms with van der Waals surface area (Å²) >= 11 is 5.61. The summed E-state index contributed by atoms with van der Waals surface area (Å²) in [7, 11) is 0. The number of hydrogen-bond donors (Lipinski definition) is 2. The Morgan fingerprint density at radius 2 is 1.61 bits per heavy atom. The molecule has 0 saturated carbocycles. The van der Waals surface area contributed by atoms with Crippen LogP contribution in [0, 0.1) is 13.8 Å². The van der Waals surface area contributed by atoms with Gasteiger partial charge in [0.25, 0.3) is 5.91 Å². The highest BCUT2D eigenvalue weighted by Crippen LogP contribution is 2.37. The number of fused-ring (bicyclic) bond motifs is 2. The normalized spacial score (nSPS) is 12.2. The first kappa shape index (κ1) is 20.6. The average Bonchev–Trinajstić information content (AvgIpc) is 3.10. The molecule has 1 aliphatic carbocycles. The van der Waals surface area contributed by atoms with E-state index in [1.165, 1.54) is 12.1 Å². The van der Waals surface area contributed by atoms with Gasteiger partial charge in [0.15, 0.2) is 11.6 Å². The zero-order valence-electron chi connectivity index (χ0n) is 16.7. The topological polar surface area (TPSA) is 105 Å². The SMILES string of the molecule is Cc1cc(C(=O)Nc2c(NC(=O)CCl)ccc3c2C(=O)c2ccccc2C3=O)c(C)o1. The molecule has 0 bridgehead atoms. The van der Waals surface area contributed by atoms with Crippen molar-refractivity contribution in [2.45, 2.75) is 13.8 Å². The number of anilines is 2. The lowest BCUT2D eigenvalue weighted by molar-refractivity contribution is -0.113. The molecule has 156 valence electrons. The molecule has 0 radical (unpaired) electrons. The average molecular weight is 437 g/mol. The van der Waals surface area contributed by atoms with Crippen LogP contribution in [0.5, 0.6) is 0 Å². The Morgan fingerprint density at radius 3 is 2.23 bits per heavy atom. The van der Waals surface area contributed by atoms with Crippen LogP contribution in [0.25, 0.3) is 0 Å². The van der Waals surface area contributed by atoms with Crippen LogP contribution in [0.3, 0.4) is 0 Å². The van der Waals surface area contributed by atoms with Crippen LogP contribution in [0.4, 0.5) is 11.4 Å². The van der Waals surface area contributed by atoms with Crippen molar-refractivity contribution in [2.75, 3.05) is 16.5 Å². The van der Waals surface area contributed by atoms with Crippen LogP contribution < -0.4 is 10.6 Å². The van der Waals surface area contributed by atoms with Crippen LogP contribution in [0.1, 0.15) is 53.7 Å². The van der Waals surface area contributed by atoms with Crippen molar-refractivity contribution in [2.24, 2.45) is 0 Å². The number of nitrogens with one attached hydrogen (secondary N) is 2. The minimum Gasteiger partial charge on any atom is -0.466 e. The zero-order valence-corrected chi connectivity index (χ0v) is 17.4. The van der Waals surface area contributed by atoms with Gasteiger partial charge in [-0.05, 0) is 32.0 Å². The number of benzene rings is 2. The molecule has 1 heterocycles. The van der Waals surface area contributed by atoms with Gasteiger partial charge in [-0.25, -0.2) is 0 Å². The van der Waals surface area contributed by atoms with Crippen molar-refractivity contribution in [1.29, 1.82) is 0 Å². The van der Waals surface area contributed by atoms with Crippen LogP contribution in [-0.4, -0.2) is 29.3 Å².